The van der Waals surface area contributed by atoms with E-state index < -0.39 is 0 Å². The molecule has 1 aromatic carbocycles. The van der Waals surface area contributed by atoms with Gasteiger partial charge in [0.15, 0.2) is 0 Å². The predicted molar refractivity (Wildman–Crippen MR) is 119 cm³/mol. The van der Waals surface area contributed by atoms with Crippen LogP contribution in [0, 0.1) is 0 Å². The molecule has 1 N–H and O–H groups in total. The summed E-state index contributed by atoms with van der Waals surface area (Å²) in [7, 11) is 0. The fourth-order valence-corrected chi connectivity index (χ4v) is 3.28. The highest BCUT2D eigenvalue weighted by Gasteiger charge is 2.04. The number of furan rings is 1. The number of amides is 1. The van der Waals surface area contributed by atoms with Gasteiger partial charge in [0.1, 0.15) is 11.5 Å². The second kappa shape index (κ2) is 13.3. The van der Waals surface area contributed by atoms with Crippen LogP contribution >= 0.6 is 15.9 Å². The van der Waals surface area contributed by atoms with Gasteiger partial charge >= 0.3 is 0 Å². The number of unbranched alkanes of at least 4 members (excludes halogenated alkanes) is 8. The second-order valence-corrected chi connectivity index (χ2v) is 8.00. The predicted octanol–water partition coefficient (Wildman–Crippen LogP) is 7.08. The summed E-state index contributed by atoms with van der Waals surface area (Å²) in [6, 6.07) is 11.6. The molecule has 0 fully saturated rings. The molecule has 5 heteroatoms. The van der Waals surface area contributed by atoms with Crippen molar-refractivity contribution in [3.05, 3.63) is 46.6 Å². The van der Waals surface area contributed by atoms with E-state index in [1.165, 1.54) is 51.2 Å². The summed E-state index contributed by atoms with van der Waals surface area (Å²) in [6.45, 7) is 2.24. The maximum Gasteiger partial charge on any atom is 0.240 e. The third-order valence-corrected chi connectivity index (χ3v) is 5.17. The summed E-state index contributed by atoms with van der Waals surface area (Å²) in [5, 5.41) is 3.99. The van der Waals surface area contributed by atoms with Crippen LogP contribution in [0.4, 0.5) is 0 Å². The summed E-state index contributed by atoms with van der Waals surface area (Å²) >= 11 is 3.42. The molecule has 152 valence electrons. The van der Waals surface area contributed by atoms with Gasteiger partial charge in [0.2, 0.25) is 5.91 Å². The molecule has 0 saturated carbocycles. The first kappa shape index (κ1) is 22.4. The highest BCUT2D eigenvalue weighted by Crippen LogP contribution is 2.23. The number of hydrogen-bond acceptors (Lipinski definition) is 3. The van der Waals surface area contributed by atoms with Crippen molar-refractivity contribution in [2.75, 3.05) is 0 Å². The van der Waals surface area contributed by atoms with Crippen molar-refractivity contribution >= 4 is 28.1 Å². The summed E-state index contributed by atoms with van der Waals surface area (Å²) in [4.78, 5) is 11.8. The van der Waals surface area contributed by atoms with E-state index in [1.807, 2.05) is 36.4 Å². The zero-order valence-electron chi connectivity index (χ0n) is 16.8. The fourth-order valence-electron chi connectivity index (χ4n) is 3.01. The van der Waals surface area contributed by atoms with E-state index in [0.717, 1.165) is 28.6 Å². The normalized spacial score (nSPS) is 11.2. The Balaban J connectivity index is 1.58. The largest absolute Gasteiger partial charge is 0.455 e. The van der Waals surface area contributed by atoms with Gasteiger partial charge in [0.25, 0.3) is 0 Å². The molecule has 28 heavy (non-hydrogen) atoms. The van der Waals surface area contributed by atoms with Gasteiger partial charge in [0.05, 0.1) is 6.21 Å². The minimum absolute atomic E-state index is 0.0427. The van der Waals surface area contributed by atoms with Crippen molar-refractivity contribution in [3.63, 3.8) is 0 Å². The van der Waals surface area contributed by atoms with Gasteiger partial charge in [-0.2, -0.15) is 5.10 Å². The minimum Gasteiger partial charge on any atom is -0.455 e. The Hall–Kier alpha value is -1.88. The lowest BCUT2D eigenvalue weighted by molar-refractivity contribution is -0.121. The van der Waals surface area contributed by atoms with Crippen LogP contribution < -0.4 is 5.43 Å². The molecule has 2 rings (SSSR count). The van der Waals surface area contributed by atoms with E-state index >= 15 is 0 Å². The molecule has 0 atom stereocenters. The highest BCUT2D eigenvalue weighted by molar-refractivity contribution is 9.10. The van der Waals surface area contributed by atoms with E-state index in [2.05, 4.69) is 33.4 Å². The van der Waals surface area contributed by atoms with Crippen LogP contribution in [-0.2, 0) is 4.79 Å². The Morgan fingerprint density at radius 2 is 1.61 bits per heavy atom. The zero-order chi connectivity index (χ0) is 20.0. The molecule has 0 aliphatic heterocycles. The molecule has 0 aliphatic carbocycles. The number of rotatable bonds is 13. The smallest absolute Gasteiger partial charge is 0.240 e. The van der Waals surface area contributed by atoms with Crippen LogP contribution in [0.5, 0.6) is 0 Å². The summed E-state index contributed by atoms with van der Waals surface area (Å²) in [5.74, 6) is 1.34. The Kier molecular flexibility index (Phi) is 10.7. The van der Waals surface area contributed by atoms with E-state index in [1.54, 1.807) is 0 Å². The minimum atomic E-state index is -0.0427. The van der Waals surface area contributed by atoms with Crippen LogP contribution in [0.2, 0.25) is 0 Å². The van der Waals surface area contributed by atoms with Crippen molar-refractivity contribution in [3.8, 4) is 11.3 Å². The average molecular weight is 447 g/mol. The van der Waals surface area contributed by atoms with Crippen LogP contribution in [-0.4, -0.2) is 12.1 Å². The number of halogens is 1. The molecule has 1 heterocycles. The van der Waals surface area contributed by atoms with Gasteiger partial charge in [-0.3, -0.25) is 4.79 Å². The third kappa shape index (κ3) is 8.87. The summed E-state index contributed by atoms with van der Waals surface area (Å²) in [5.41, 5.74) is 3.57. The van der Waals surface area contributed by atoms with Gasteiger partial charge in [-0.15, -0.1) is 0 Å². The first-order chi connectivity index (χ1) is 13.7. The average Bonchev–Trinajstić information content (AvgIpc) is 3.16. The molecule has 0 spiro atoms. The fraction of sp³-hybridized carbons (Fsp3) is 0.478. The number of hydrogen-bond donors (Lipinski definition) is 1. The lowest BCUT2D eigenvalue weighted by atomic mass is 10.1. The Morgan fingerprint density at radius 1 is 0.964 bits per heavy atom. The number of carbonyl (C=O) groups is 1. The molecule has 0 unspecified atom stereocenters. The Labute approximate surface area is 176 Å². The van der Waals surface area contributed by atoms with Gasteiger partial charge in [-0.25, -0.2) is 5.43 Å². The standard InChI is InChI=1S/C23H31BrN2O2/c1-2-3-4-5-6-7-8-9-10-11-23(27)26-25-18-21-16-17-22(28-21)19-12-14-20(24)15-13-19/h12-18H,2-11H2,1H3,(H,26,27)/b25-18-. The van der Waals surface area contributed by atoms with Gasteiger partial charge < -0.3 is 4.42 Å². The Bertz CT molecular complexity index is 722. The highest BCUT2D eigenvalue weighted by atomic mass is 79.9. The number of hydrazone groups is 1. The lowest BCUT2D eigenvalue weighted by Gasteiger charge is -2.02. The molecule has 0 aliphatic rings. The van der Waals surface area contributed by atoms with Crippen LogP contribution in [0.1, 0.15) is 76.9 Å². The molecular weight excluding hydrogens is 416 g/mol. The van der Waals surface area contributed by atoms with E-state index in [-0.39, 0.29) is 5.91 Å². The molecule has 1 amide bonds. The first-order valence-corrected chi connectivity index (χ1v) is 11.2. The maximum atomic E-state index is 11.8. The van der Waals surface area contributed by atoms with Gasteiger partial charge in [0, 0.05) is 16.5 Å². The molecule has 0 bridgehead atoms. The van der Waals surface area contributed by atoms with Gasteiger partial charge in [-0.1, -0.05) is 86.4 Å². The lowest BCUT2D eigenvalue weighted by Crippen LogP contribution is -2.16. The van der Waals surface area contributed by atoms with Crippen LogP contribution in [0.3, 0.4) is 0 Å². The van der Waals surface area contributed by atoms with Crippen LogP contribution in [0.15, 0.2) is 50.4 Å². The second-order valence-electron chi connectivity index (χ2n) is 7.08. The first-order valence-electron chi connectivity index (χ1n) is 10.4. The van der Waals surface area contributed by atoms with E-state index in [0.29, 0.717) is 12.2 Å². The quantitative estimate of drug-likeness (QED) is 0.203. The van der Waals surface area contributed by atoms with E-state index in [9.17, 15) is 4.79 Å². The summed E-state index contributed by atoms with van der Waals surface area (Å²) < 4.78 is 6.76. The molecular formula is C23H31BrN2O2. The maximum absolute atomic E-state index is 11.8. The summed E-state index contributed by atoms with van der Waals surface area (Å²) in [6.07, 6.45) is 13.3. The molecule has 0 saturated heterocycles. The van der Waals surface area contributed by atoms with Crippen molar-refractivity contribution < 1.29 is 9.21 Å². The van der Waals surface area contributed by atoms with E-state index in [4.69, 9.17) is 4.42 Å². The molecule has 0 radical (unpaired) electrons. The monoisotopic (exact) mass is 446 g/mol. The zero-order valence-corrected chi connectivity index (χ0v) is 18.3. The van der Waals surface area contributed by atoms with Crippen molar-refractivity contribution in [2.24, 2.45) is 5.10 Å². The molecule has 1 aromatic heterocycles. The van der Waals surface area contributed by atoms with Crippen molar-refractivity contribution in [2.45, 2.75) is 71.1 Å². The molecule has 2 aromatic rings. The van der Waals surface area contributed by atoms with Gasteiger partial charge in [-0.05, 0) is 30.7 Å². The van der Waals surface area contributed by atoms with Crippen LogP contribution in [0.25, 0.3) is 11.3 Å². The SMILES string of the molecule is CCCCCCCCCCCC(=O)N/N=C\c1ccc(-c2ccc(Br)cc2)o1. The molecule has 4 nitrogen and oxygen atoms in total. The Morgan fingerprint density at radius 3 is 2.29 bits per heavy atom. The van der Waals surface area contributed by atoms with Crippen molar-refractivity contribution in [1.29, 1.82) is 0 Å². The number of nitrogens with zero attached hydrogens (tertiary/aromatic N) is 1. The van der Waals surface area contributed by atoms with Crippen molar-refractivity contribution in [1.82, 2.24) is 5.43 Å². The number of carbonyl (C=O) groups excluding carboxylic acids is 1. The third-order valence-electron chi connectivity index (χ3n) is 4.64. The number of nitrogens with one attached hydrogen (secondary N) is 1. The number of benzene rings is 1. The topological polar surface area (TPSA) is 54.6 Å².